The third-order valence-corrected chi connectivity index (χ3v) is 1.17. The van der Waals surface area contributed by atoms with Gasteiger partial charge in [-0.3, -0.25) is 4.55 Å². The number of hydrogen-bond donors (Lipinski definition) is 1. The van der Waals surface area contributed by atoms with Gasteiger partial charge < -0.3 is 9.47 Å². The molecule has 1 N–H and O–H groups in total. The van der Waals surface area contributed by atoms with Gasteiger partial charge >= 0.3 is 35.4 Å². The Morgan fingerprint density at radius 1 is 1.38 bits per heavy atom. The van der Waals surface area contributed by atoms with E-state index in [2.05, 4.69) is 13.7 Å². The minimum atomic E-state index is -4.46. The van der Waals surface area contributed by atoms with Crippen LogP contribution in [0.15, 0.2) is 0 Å². The van der Waals surface area contributed by atoms with Gasteiger partial charge in [-0.1, -0.05) is 0 Å². The molecule has 0 radical (unpaired) electrons. The van der Waals surface area contributed by atoms with Gasteiger partial charge in [0, 0.05) is 0 Å². The van der Waals surface area contributed by atoms with Crippen LogP contribution in [0, 0.1) is 0 Å². The van der Waals surface area contributed by atoms with Crippen LogP contribution in [-0.4, -0.2) is 58.3 Å². The SMILES string of the molecule is COC(=O)OCCOS(=O)(=O)O.[LiH]. The van der Waals surface area contributed by atoms with Crippen LogP contribution in [0.3, 0.4) is 0 Å². The minimum absolute atomic E-state index is 0. The van der Waals surface area contributed by atoms with Crippen LogP contribution in [0.1, 0.15) is 0 Å². The number of hydrogen-bond acceptors (Lipinski definition) is 6. The summed E-state index contributed by atoms with van der Waals surface area (Å²) in [6, 6.07) is 0. The van der Waals surface area contributed by atoms with E-state index in [1.165, 1.54) is 0 Å². The van der Waals surface area contributed by atoms with Gasteiger partial charge in [0.15, 0.2) is 0 Å². The monoisotopic (exact) mass is 208 g/mol. The van der Waals surface area contributed by atoms with E-state index in [4.69, 9.17) is 4.55 Å². The van der Waals surface area contributed by atoms with Crippen molar-refractivity contribution in [2.75, 3.05) is 20.3 Å². The Bertz CT molecular complexity index is 235. The van der Waals surface area contributed by atoms with Gasteiger partial charge in [-0.15, -0.1) is 0 Å². The molecule has 9 heteroatoms. The predicted octanol–water partition coefficient (Wildman–Crippen LogP) is -1.06. The van der Waals surface area contributed by atoms with E-state index in [9.17, 15) is 13.2 Å². The molecule has 0 aromatic rings. The number of ether oxygens (including phenoxy) is 2. The van der Waals surface area contributed by atoms with E-state index in [1.807, 2.05) is 0 Å². The van der Waals surface area contributed by atoms with Gasteiger partial charge in [-0.2, -0.15) is 8.42 Å². The van der Waals surface area contributed by atoms with Gasteiger partial charge in [0.25, 0.3) is 0 Å². The van der Waals surface area contributed by atoms with Crippen LogP contribution in [0.2, 0.25) is 0 Å². The van der Waals surface area contributed by atoms with E-state index in [0.29, 0.717) is 0 Å². The molecular formula is C4H9LiO7S. The average molecular weight is 208 g/mol. The van der Waals surface area contributed by atoms with Crippen molar-refractivity contribution in [2.24, 2.45) is 0 Å². The number of carbonyl (C=O) groups is 1. The summed E-state index contributed by atoms with van der Waals surface area (Å²) in [6.07, 6.45) is -0.950. The van der Waals surface area contributed by atoms with Crippen molar-refractivity contribution in [2.45, 2.75) is 0 Å². The van der Waals surface area contributed by atoms with Crippen molar-refractivity contribution in [1.29, 1.82) is 0 Å². The summed E-state index contributed by atoms with van der Waals surface area (Å²) in [5.41, 5.74) is 0. The molecule has 0 atom stereocenters. The van der Waals surface area contributed by atoms with Crippen LogP contribution in [0.4, 0.5) is 4.79 Å². The van der Waals surface area contributed by atoms with Crippen molar-refractivity contribution >= 4 is 35.4 Å². The van der Waals surface area contributed by atoms with Crippen molar-refractivity contribution in [3.05, 3.63) is 0 Å². The molecule has 0 heterocycles. The van der Waals surface area contributed by atoms with Crippen LogP contribution < -0.4 is 0 Å². The first-order valence-electron chi connectivity index (χ1n) is 2.78. The molecule has 0 saturated carbocycles. The average Bonchev–Trinajstić information content (AvgIpc) is 1.96. The molecule has 0 unspecified atom stereocenters. The van der Waals surface area contributed by atoms with Crippen molar-refractivity contribution < 1.29 is 31.4 Å². The molecule has 13 heavy (non-hydrogen) atoms. The van der Waals surface area contributed by atoms with E-state index in [-0.39, 0.29) is 25.5 Å². The number of rotatable bonds is 4. The van der Waals surface area contributed by atoms with Gasteiger partial charge in [0.05, 0.1) is 7.11 Å². The Balaban J connectivity index is 0. The van der Waals surface area contributed by atoms with E-state index < -0.39 is 23.2 Å². The second-order valence-electron chi connectivity index (χ2n) is 1.55. The molecule has 0 saturated heterocycles. The Hall–Kier alpha value is -0.263. The first kappa shape index (κ1) is 15.2. The standard InChI is InChI=1S/C4H8O7S.Li.H/c1-9-4(5)10-2-3-11-12(6,7)8;;/h2-3H2,1H3,(H,6,7,8);;. The molecular weight excluding hydrogens is 199 g/mol. The quantitative estimate of drug-likeness (QED) is 0.272. The second kappa shape index (κ2) is 7.17. The zero-order chi connectivity index (χ0) is 9.61. The summed E-state index contributed by atoms with van der Waals surface area (Å²) in [5.74, 6) is 0. The van der Waals surface area contributed by atoms with Crippen LogP contribution in [0.25, 0.3) is 0 Å². The summed E-state index contributed by atoms with van der Waals surface area (Å²) < 4.78 is 39.9. The van der Waals surface area contributed by atoms with Gasteiger partial charge in [-0.25, -0.2) is 8.98 Å². The Kier molecular flexibility index (Phi) is 8.40. The summed E-state index contributed by atoms with van der Waals surface area (Å²) in [6.45, 7) is -0.763. The molecule has 0 amide bonds. The zero-order valence-electron chi connectivity index (χ0n) is 6.22. The fourth-order valence-corrected chi connectivity index (χ4v) is 0.602. The Morgan fingerprint density at radius 2 is 1.92 bits per heavy atom. The predicted molar refractivity (Wildman–Crippen MR) is 43.0 cm³/mol. The molecule has 0 spiro atoms. The molecule has 0 fully saturated rings. The van der Waals surface area contributed by atoms with Gasteiger partial charge in [0.2, 0.25) is 0 Å². The first-order chi connectivity index (χ1) is 5.45. The normalized spacial score (nSPS) is 10.0. The van der Waals surface area contributed by atoms with Crippen LogP contribution in [0.5, 0.6) is 0 Å². The number of carbonyl (C=O) groups excluding carboxylic acids is 1. The second-order valence-corrected chi connectivity index (χ2v) is 2.64. The molecule has 7 nitrogen and oxygen atoms in total. The molecule has 74 valence electrons. The molecule has 0 aliphatic carbocycles. The maximum absolute atomic E-state index is 10.2. The molecule has 0 aliphatic rings. The molecule has 0 aromatic carbocycles. The third-order valence-electron chi connectivity index (χ3n) is 0.702. The van der Waals surface area contributed by atoms with Crippen molar-refractivity contribution in [1.82, 2.24) is 0 Å². The van der Waals surface area contributed by atoms with Crippen molar-refractivity contribution in [3.8, 4) is 0 Å². The van der Waals surface area contributed by atoms with Crippen LogP contribution in [-0.2, 0) is 24.1 Å². The number of methoxy groups -OCH3 is 1. The van der Waals surface area contributed by atoms with Gasteiger partial charge in [0.1, 0.15) is 13.2 Å². The fourth-order valence-electron chi connectivity index (χ4n) is 0.323. The van der Waals surface area contributed by atoms with Crippen molar-refractivity contribution in [3.63, 3.8) is 0 Å². The third kappa shape index (κ3) is 11.7. The summed E-state index contributed by atoms with van der Waals surface area (Å²) in [7, 11) is -3.36. The maximum atomic E-state index is 10.2. The molecule has 0 aliphatic heterocycles. The van der Waals surface area contributed by atoms with Crippen LogP contribution >= 0.6 is 0 Å². The Labute approximate surface area is 87.5 Å². The van der Waals surface area contributed by atoms with E-state index in [1.54, 1.807) is 0 Å². The van der Waals surface area contributed by atoms with E-state index >= 15 is 0 Å². The first-order valence-corrected chi connectivity index (χ1v) is 4.15. The Morgan fingerprint density at radius 3 is 2.31 bits per heavy atom. The van der Waals surface area contributed by atoms with Gasteiger partial charge in [-0.05, 0) is 0 Å². The van der Waals surface area contributed by atoms with E-state index in [0.717, 1.165) is 7.11 Å². The molecule has 0 bridgehead atoms. The summed E-state index contributed by atoms with van der Waals surface area (Å²) in [5, 5.41) is 0. The fraction of sp³-hybridized carbons (Fsp3) is 0.750. The topological polar surface area (TPSA) is 99.1 Å². The summed E-state index contributed by atoms with van der Waals surface area (Å²) >= 11 is 0. The molecule has 0 rings (SSSR count). The summed E-state index contributed by atoms with van der Waals surface area (Å²) in [4.78, 5) is 10.2. The zero-order valence-corrected chi connectivity index (χ0v) is 7.04. The molecule has 0 aromatic heterocycles.